The molecule has 0 spiro atoms. The van der Waals surface area contributed by atoms with Crippen LogP contribution < -0.4 is 0 Å². The summed E-state index contributed by atoms with van der Waals surface area (Å²) < 4.78 is 25.1. The van der Waals surface area contributed by atoms with Crippen molar-refractivity contribution in [1.82, 2.24) is 0 Å². The Morgan fingerprint density at radius 3 is 2.53 bits per heavy atom. The van der Waals surface area contributed by atoms with Crippen LogP contribution in [0.4, 0.5) is 4.39 Å². The van der Waals surface area contributed by atoms with E-state index in [1.54, 1.807) is 12.1 Å². The summed E-state index contributed by atoms with van der Waals surface area (Å²) in [5, 5.41) is 8.67. The summed E-state index contributed by atoms with van der Waals surface area (Å²) >= 11 is 3.42. The number of halogens is 2. The molecule has 0 aliphatic carbocycles. The molecule has 1 aromatic carbocycles. The van der Waals surface area contributed by atoms with Gasteiger partial charge in [-0.3, -0.25) is 4.21 Å². The van der Waals surface area contributed by atoms with E-state index in [-0.39, 0.29) is 18.2 Å². The molecule has 5 heteroatoms. The average Bonchev–Trinajstić information content (AvgIpc) is 2.29. The van der Waals surface area contributed by atoms with Gasteiger partial charge < -0.3 is 5.11 Å². The van der Waals surface area contributed by atoms with Crippen LogP contribution in [0, 0.1) is 5.82 Å². The number of aliphatic hydroxyl groups excluding tert-OH is 1. The quantitative estimate of drug-likeness (QED) is 0.905. The molecule has 0 heterocycles. The first-order valence-electron chi connectivity index (χ1n) is 5.11. The molecule has 17 heavy (non-hydrogen) atoms. The Morgan fingerprint density at radius 2 is 2.00 bits per heavy atom. The second-order valence-corrected chi connectivity index (χ2v) is 5.98. The maximum Gasteiger partial charge on any atom is 0.123 e. The fourth-order valence-corrected chi connectivity index (χ4v) is 2.89. The van der Waals surface area contributed by atoms with Crippen LogP contribution in [0.15, 0.2) is 29.8 Å². The molecule has 94 valence electrons. The van der Waals surface area contributed by atoms with Gasteiger partial charge in [0.1, 0.15) is 5.82 Å². The van der Waals surface area contributed by atoms with Gasteiger partial charge in [-0.05, 0) is 30.2 Å². The summed E-state index contributed by atoms with van der Waals surface area (Å²) in [6, 6.07) is 6.10. The van der Waals surface area contributed by atoms with E-state index in [0.717, 1.165) is 15.6 Å². The lowest BCUT2D eigenvalue weighted by molar-refractivity contribution is 0.321. The molecular weight excluding hydrogens is 307 g/mol. The van der Waals surface area contributed by atoms with Gasteiger partial charge in [0.05, 0.1) is 6.61 Å². The molecular formula is C12H14BrFO2S. The molecule has 1 rings (SSSR count). The van der Waals surface area contributed by atoms with Crippen molar-refractivity contribution < 1.29 is 13.7 Å². The molecule has 0 saturated heterocycles. The molecule has 0 aliphatic heterocycles. The summed E-state index contributed by atoms with van der Waals surface area (Å²) in [7, 11) is -1.06. The predicted molar refractivity (Wildman–Crippen MR) is 72.9 cm³/mol. The van der Waals surface area contributed by atoms with E-state index < -0.39 is 10.8 Å². The number of benzene rings is 1. The van der Waals surface area contributed by atoms with E-state index in [9.17, 15) is 8.60 Å². The number of rotatable bonds is 5. The van der Waals surface area contributed by atoms with Crippen LogP contribution in [0.1, 0.15) is 12.5 Å². The number of aliphatic hydroxyl groups is 1. The third-order valence-corrected chi connectivity index (χ3v) is 4.70. The van der Waals surface area contributed by atoms with Gasteiger partial charge in [0.25, 0.3) is 0 Å². The Bertz CT molecular complexity index is 429. The number of hydrogen-bond donors (Lipinski definition) is 1. The van der Waals surface area contributed by atoms with Crippen LogP contribution in [-0.4, -0.2) is 27.4 Å². The van der Waals surface area contributed by atoms with E-state index in [0.29, 0.717) is 5.75 Å². The van der Waals surface area contributed by atoms with Crippen LogP contribution in [0.2, 0.25) is 0 Å². The monoisotopic (exact) mass is 320 g/mol. The van der Waals surface area contributed by atoms with E-state index in [1.807, 2.05) is 6.92 Å². The van der Waals surface area contributed by atoms with Gasteiger partial charge >= 0.3 is 0 Å². The van der Waals surface area contributed by atoms with Gasteiger partial charge in [-0.1, -0.05) is 28.1 Å². The Kier molecular flexibility index (Phi) is 6.02. The topological polar surface area (TPSA) is 37.3 Å². The fourth-order valence-electron chi connectivity index (χ4n) is 1.32. The molecule has 0 fully saturated rings. The van der Waals surface area contributed by atoms with Crippen LogP contribution in [0.3, 0.4) is 0 Å². The molecule has 1 N–H and O–H groups in total. The Hall–Kier alpha value is -0.520. The summed E-state index contributed by atoms with van der Waals surface area (Å²) in [6.45, 7) is 1.79. The van der Waals surface area contributed by atoms with Crippen LogP contribution in [-0.2, 0) is 10.8 Å². The molecule has 0 amide bonds. The highest BCUT2D eigenvalue weighted by molar-refractivity contribution is 9.15. The van der Waals surface area contributed by atoms with Gasteiger partial charge in [-0.25, -0.2) is 4.39 Å². The third-order valence-electron chi connectivity index (χ3n) is 2.17. The summed E-state index contributed by atoms with van der Waals surface area (Å²) in [6.07, 6.45) is 0. The minimum Gasteiger partial charge on any atom is -0.395 e. The minimum absolute atomic E-state index is 0.0753. The van der Waals surface area contributed by atoms with Crippen molar-refractivity contribution in [2.75, 3.05) is 18.1 Å². The average molecular weight is 321 g/mol. The molecule has 0 saturated carbocycles. The second kappa shape index (κ2) is 7.03. The zero-order valence-corrected chi connectivity index (χ0v) is 11.9. The van der Waals surface area contributed by atoms with Crippen molar-refractivity contribution in [3.05, 3.63) is 41.2 Å². The lowest BCUT2D eigenvalue weighted by Gasteiger charge is -2.06. The first-order valence-corrected chi connectivity index (χ1v) is 7.39. The summed E-state index contributed by atoms with van der Waals surface area (Å²) in [4.78, 5) is 0. The number of hydrogen-bond acceptors (Lipinski definition) is 2. The van der Waals surface area contributed by atoms with E-state index >= 15 is 0 Å². The Morgan fingerprint density at radius 1 is 1.41 bits per heavy atom. The maximum atomic E-state index is 12.8. The normalized spacial score (nSPS) is 14.4. The lowest BCUT2D eigenvalue weighted by atomic mass is 10.1. The van der Waals surface area contributed by atoms with E-state index in [1.165, 1.54) is 12.1 Å². The molecule has 1 unspecified atom stereocenters. The molecule has 1 atom stereocenters. The first kappa shape index (κ1) is 14.5. The standard InChI is InChI=1S/C12H14BrFO2S/c1-9(8-17(16)7-6-15)12(13)10-2-4-11(14)5-3-10/h2-5,15H,6-8H2,1H3/b12-9+. The summed E-state index contributed by atoms with van der Waals surface area (Å²) in [5.41, 5.74) is 1.77. The SMILES string of the molecule is C/C(CS(=O)CCO)=C(\Br)c1ccc(F)cc1. The lowest BCUT2D eigenvalue weighted by Crippen LogP contribution is -2.07. The Balaban J connectivity index is 2.82. The Labute approximate surface area is 111 Å². The largest absolute Gasteiger partial charge is 0.395 e. The predicted octanol–water partition coefficient (Wildman–Crippen LogP) is 2.69. The van der Waals surface area contributed by atoms with Crippen molar-refractivity contribution in [2.45, 2.75) is 6.92 Å². The molecule has 0 aliphatic rings. The minimum atomic E-state index is -1.06. The third kappa shape index (κ3) is 4.69. The highest BCUT2D eigenvalue weighted by Gasteiger charge is 2.06. The van der Waals surface area contributed by atoms with Crippen molar-refractivity contribution in [3.63, 3.8) is 0 Å². The van der Waals surface area contributed by atoms with E-state index in [4.69, 9.17) is 5.11 Å². The highest BCUT2D eigenvalue weighted by Crippen LogP contribution is 2.25. The second-order valence-electron chi connectivity index (χ2n) is 3.61. The van der Waals surface area contributed by atoms with Gasteiger partial charge in [0.15, 0.2) is 0 Å². The zero-order valence-electron chi connectivity index (χ0n) is 9.45. The van der Waals surface area contributed by atoms with Crippen LogP contribution >= 0.6 is 15.9 Å². The van der Waals surface area contributed by atoms with Gasteiger partial charge in [-0.15, -0.1) is 0 Å². The van der Waals surface area contributed by atoms with E-state index in [2.05, 4.69) is 15.9 Å². The highest BCUT2D eigenvalue weighted by atomic mass is 79.9. The van der Waals surface area contributed by atoms with Crippen LogP contribution in [0.25, 0.3) is 4.48 Å². The van der Waals surface area contributed by atoms with Gasteiger partial charge in [0.2, 0.25) is 0 Å². The molecule has 1 aromatic rings. The van der Waals surface area contributed by atoms with Crippen molar-refractivity contribution in [2.24, 2.45) is 0 Å². The van der Waals surface area contributed by atoms with Gasteiger partial charge in [-0.2, -0.15) is 0 Å². The van der Waals surface area contributed by atoms with Crippen molar-refractivity contribution in [3.8, 4) is 0 Å². The molecule has 0 bridgehead atoms. The van der Waals surface area contributed by atoms with Gasteiger partial charge in [0, 0.05) is 26.8 Å². The fraction of sp³-hybridized carbons (Fsp3) is 0.333. The van der Waals surface area contributed by atoms with Crippen molar-refractivity contribution in [1.29, 1.82) is 0 Å². The first-order chi connectivity index (χ1) is 8.04. The van der Waals surface area contributed by atoms with Crippen LogP contribution in [0.5, 0.6) is 0 Å². The zero-order chi connectivity index (χ0) is 12.8. The molecule has 0 aromatic heterocycles. The molecule has 0 radical (unpaired) electrons. The maximum absolute atomic E-state index is 12.8. The smallest absolute Gasteiger partial charge is 0.123 e. The summed E-state index contributed by atoms with van der Waals surface area (Å²) in [5.74, 6) is 0.398. The molecule has 2 nitrogen and oxygen atoms in total. The van der Waals surface area contributed by atoms with Crippen molar-refractivity contribution >= 4 is 31.2 Å².